The summed E-state index contributed by atoms with van der Waals surface area (Å²) in [5.74, 6) is -2.50. The van der Waals surface area contributed by atoms with Crippen LogP contribution in [-0.4, -0.2) is 253 Å². The zero-order valence-electron chi connectivity index (χ0n) is 66.5. The summed E-state index contributed by atoms with van der Waals surface area (Å²) < 4.78 is 433. The molecule has 1 fully saturated rings. The molecule has 17 nitrogen and oxygen atoms in total. The van der Waals surface area contributed by atoms with E-state index in [1.807, 2.05) is 88.4 Å². The molecule has 0 saturated carbocycles. The van der Waals surface area contributed by atoms with E-state index >= 15 is 0 Å². The summed E-state index contributed by atoms with van der Waals surface area (Å²) in [5.41, 5.74) is -1.29. The molecule has 0 amide bonds. The predicted molar refractivity (Wildman–Crippen MR) is 375 cm³/mol. The number of esters is 5. The van der Waals surface area contributed by atoms with Gasteiger partial charge in [-0.05, 0) is 65.5 Å². The van der Waals surface area contributed by atoms with E-state index < -0.39 is 210 Å². The van der Waals surface area contributed by atoms with Crippen molar-refractivity contribution in [2.75, 3.05) is 206 Å². The number of cyclic esters (lactones) is 2. The van der Waals surface area contributed by atoms with Gasteiger partial charge in [-0.15, -0.1) is 0 Å². The van der Waals surface area contributed by atoms with E-state index in [2.05, 4.69) is 65.0 Å². The topological polar surface area (TPSA) is 223 Å². The van der Waals surface area contributed by atoms with Gasteiger partial charge in [-0.1, -0.05) is 92.5 Å². The molecule has 0 bridgehead atoms. The standard InChI is InChI=1S/2C14H18BrFO2.C10H15FO7.C7H10O5.18CH2F2.CH3FO/c2*1-14(2,13(17)18-9-8-16)10-12(15)11-6-4-3-5-7-11;1-7(12)16-4-10(2,8(13)15-3)5-17-9(14)18-6-11;1-7(5(8)10-2)3-11-6(9)12-4-7;19*2-1-3/h2*3-7,12H,8-10H2,1-2H3;4-6H2,1-3H3;3-4H2,1-2H3;18*1H2;3H,1H2. The van der Waals surface area contributed by atoms with E-state index in [0.717, 1.165) is 25.2 Å². The number of halogens is 42. The minimum Gasteiger partial charge on any atom is -0.468 e. The van der Waals surface area contributed by atoms with Crippen LogP contribution in [0.5, 0.6) is 0 Å². The number of benzene rings is 2. The van der Waals surface area contributed by atoms with Gasteiger partial charge in [0.25, 0.3) is 0 Å². The number of hydrogen-bond donors (Lipinski definition) is 1. The van der Waals surface area contributed by atoms with Gasteiger partial charge in [0.1, 0.15) is 63.8 Å². The van der Waals surface area contributed by atoms with Crippen LogP contribution in [0.25, 0.3) is 0 Å². The highest BCUT2D eigenvalue weighted by Crippen LogP contribution is 2.38. The maximum absolute atomic E-state index is 12.0. The van der Waals surface area contributed by atoms with E-state index in [9.17, 15) is 209 Å². The fraction of sp³-hybridized carbons (Fsp3) is 0.703. The summed E-state index contributed by atoms with van der Waals surface area (Å²) in [6, 6.07) is 19.7. The number of carbonyl (C=O) groups is 7. The fourth-order valence-corrected chi connectivity index (χ4v) is 7.36. The second-order valence-corrected chi connectivity index (χ2v) is 20.2. The lowest BCUT2D eigenvalue weighted by atomic mass is 9.86. The second kappa shape index (κ2) is 152. The summed E-state index contributed by atoms with van der Waals surface area (Å²) in [6.07, 6.45) is -0.809. The van der Waals surface area contributed by atoms with Crippen molar-refractivity contribution in [2.24, 2.45) is 21.7 Å². The summed E-state index contributed by atoms with van der Waals surface area (Å²) in [7, 11) is 2.41. The molecule has 2 aromatic rings. The lowest BCUT2D eigenvalue weighted by molar-refractivity contribution is -0.164. The molecule has 2 aromatic carbocycles. The SMILES string of the molecule is CC(C)(CC(Br)c1ccccc1)C(=O)OCCF.CC(C)(CC(Br)c1ccccc1)C(=O)OCCF.COC(=O)C(C)(COC(C)=O)COC(=O)OCF.COC(=O)C1(C)COC(=O)OC1.FCF.FCF.FCF.FCF.FCF.FCF.FCF.FCF.FCF.FCF.FCF.FCF.FCF.FCF.FCF.FCF.FCF.FCF.OCF. The molecule has 752 valence electrons. The Labute approximate surface area is 699 Å². The molecule has 3 rings (SSSR count). The molecule has 123 heavy (non-hydrogen) atoms. The van der Waals surface area contributed by atoms with Gasteiger partial charge in [-0.25, -0.2) is 185 Å². The Hall–Kier alpha value is -7.55. The number of hydrogen-bond acceptors (Lipinski definition) is 17. The van der Waals surface area contributed by atoms with Crippen LogP contribution in [0.3, 0.4) is 0 Å². The molecule has 0 aromatic heterocycles. The Kier molecular flexibility index (Phi) is 205. The van der Waals surface area contributed by atoms with E-state index in [1.54, 1.807) is 6.92 Å². The van der Waals surface area contributed by atoms with Gasteiger partial charge in [0.05, 0.1) is 25.0 Å². The number of ether oxygens (including phenoxy) is 9. The summed E-state index contributed by atoms with van der Waals surface area (Å²) in [4.78, 5) is 78.3. The highest BCUT2D eigenvalue weighted by atomic mass is 79.9. The lowest BCUT2D eigenvalue weighted by Gasteiger charge is -2.28. The van der Waals surface area contributed by atoms with Crippen LogP contribution < -0.4 is 0 Å². The lowest BCUT2D eigenvalue weighted by Crippen LogP contribution is -2.43. The number of aliphatic hydroxyl groups is 1. The van der Waals surface area contributed by atoms with Crippen LogP contribution in [0.1, 0.15) is 82.1 Å². The fourth-order valence-electron chi connectivity index (χ4n) is 5.13. The number of carbonyl (C=O) groups excluding carboxylic acids is 7. The van der Waals surface area contributed by atoms with E-state index in [4.69, 9.17) is 14.6 Å². The Morgan fingerprint density at radius 2 is 0.602 bits per heavy atom. The first-order chi connectivity index (χ1) is 57.7. The molecule has 1 aliphatic rings. The van der Waals surface area contributed by atoms with Crippen molar-refractivity contribution in [3.8, 4) is 0 Å². The third-order valence-electron chi connectivity index (χ3n) is 9.08. The van der Waals surface area contributed by atoms with E-state index in [-0.39, 0.29) is 54.6 Å². The van der Waals surface area contributed by atoms with Crippen molar-refractivity contribution in [2.45, 2.75) is 71.0 Å². The molecule has 0 spiro atoms. The molecule has 3 atom stereocenters. The Morgan fingerprint density at radius 1 is 0.382 bits per heavy atom. The zero-order valence-corrected chi connectivity index (χ0v) is 69.7. The monoisotopic (exact) mass is 2060 g/mol. The predicted octanol–water partition coefficient (Wildman–Crippen LogP) is 25.0. The molecule has 1 saturated heterocycles. The van der Waals surface area contributed by atoms with Crippen molar-refractivity contribution in [1.82, 2.24) is 0 Å². The van der Waals surface area contributed by atoms with Crippen molar-refractivity contribution >= 4 is 74.0 Å². The molecule has 0 aliphatic carbocycles. The highest BCUT2D eigenvalue weighted by molar-refractivity contribution is 9.09. The summed E-state index contributed by atoms with van der Waals surface area (Å²) >= 11 is 7.15. The number of rotatable bonds is 19. The molecular weight excluding hydrogens is 1960 g/mol. The minimum atomic E-state index is -1.75. The first-order valence-electron chi connectivity index (χ1n) is 30.4. The van der Waals surface area contributed by atoms with Crippen molar-refractivity contribution in [1.29, 1.82) is 0 Å². The molecular formula is C64H100Br2F40O17. The van der Waals surface area contributed by atoms with E-state index in [1.165, 1.54) is 14.0 Å². The number of alkyl halides is 42. The number of methoxy groups -OCH3 is 2. The van der Waals surface area contributed by atoms with Crippen LogP contribution in [0.2, 0.25) is 0 Å². The average Bonchev–Trinajstić information content (AvgIpc) is 0.850. The first-order valence-corrected chi connectivity index (χ1v) is 32.2. The molecule has 1 N–H and O–H groups in total. The maximum Gasteiger partial charge on any atom is 0.510 e. The van der Waals surface area contributed by atoms with Gasteiger partial charge >= 0.3 is 42.2 Å². The van der Waals surface area contributed by atoms with Gasteiger partial charge < -0.3 is 47.7 Å². The molecule has 1 heterocycles. The van der Waals surface area contributed by atoms with Crippen molar-refractivity contribution in [3.63, 3.8) is 0 Å². The van der Waals surface area contributed by atoms with Gasteiger partial charge in [-0.2, -0.15) is 0 Å². The van der Waals surface area contributed by atoms with Gasteiger partial charge in [-0.3, -0.25) is 24.0 Å². The third-order valence-corrected chi connectivity index (χ3v) is 10.8. The minimum absolute atomic E-state index is 0.0124. The molecule has 0 radical (unpaired) electrons. The quantitative estimate of drug-likeness (QED) is 0.0597. The van der Waals surface area contributed by atoms with Crippen LogP contribution in [0.15, 0.2) is 60.7 Å². The van der Waals surface area contributed by atoms with Gasteiger partial charge in [0.15, 0.2) is 6.86 Å². The Balaban J connectivity index is -0.0000000532. The van der Waals surface area contributed by atoms with Crippen LogP contribution in [-0.2, 0) is 66.6 Å². The summed E-state index contributed by atoms with van der Waals surface area (Å²) in [5, 5.41) is 6.90. The number of aliphatic hydroxyl groups excluding tert-OH is 1. The van der Waals surface area contributed by atoms with Crippen molar-refractivity contribution in [3.05, 3.63) is 71.8 Å². The van der Waals surface area contributed by atoms with E-state index in [0.29, 0.717) is 12.8 Å². The van der Waals surface area contributed by atoms with Crippen LogP contribution in [0.4, 0.5) is 185 Å². The third kappa shape index (κ3) is 181. The second-order valence-electron chi connectivity index (χ2n) is 18.0. The molecule has 59 heteroatoms. The summed E-state index contributed by atoms with van der Waals surface area (Å²) in [6.45, 7) is -25.1. The van der Waals surface area contributed by atoms with Gasteiger partial charge in [0, 0.05) is 16.6 Å². The average molecular weight is 2060 g/mol. The van der Waals surface area contributed by atoms with Crippen molar-refractivity contribution < 1.29 is 257 Å². The highest BCUT2D eigenvalue weighted by Gasteiger charge is 2.42. The smallest absolute Gasteiger partial charge is 0.468 e. The van der Waals surface area contributed by atoms with Crippen LogP contribution >= 0.6 is 31.9 Å². The normalized spacial score (nSPS) is 10.6. The van der Waals surface area contributed by atoms with Crippen LogP contribution in [0, 0.1) is 21.7 Å². The first kappa shape index (κ1) is 166. The molecule has 3 unspecified atom stereocenters. The Bertz CT molecular complexity index is 2070. The Morgan fingerprint density at radius 3 is 0.789 bits per heavy atom. The van der Waals surface area contributed by atoms with Gasteiger partial charge in [0.2, 0.25) is 132 Å². The zero-order chi connectivity index (χ0) is 102. The largest absolute Gasteiger partial charge is 0.510 e. The molecule has 1 aliphatic heterocycles. The maximum atomic E-state index is 12.0.